The van der Waals surface area contributed by atoms with Gasteiger partial charge in [-0.05, 0) is 54.8 Å². The summed E-state index contributed by atoms with van der Waals surface area (Å²) in [5.74, 6) is -2.00. The number of aromatic hydroxyl groups is 1. The zero-order valence-corrected chi connectivity index (χ0v) is 20.0. The molecule has 1 aliphatic rings. The number of ether oxygens (including phenoxy) is 4. The number of furan rings is 1. The molecule has 0 aliphatic carbocycles. The summed E-state index contributed by atoms with van der Waals surface area (Å²) in [4.78, 5) is 24.4. The molecule has 2 heterocycles. The Labute approximate surface area is 211 Å². The number of aryl methyl sites for hydroxylation is 2. The normalized spacial score (nSPS) is 19.4. The molecular formula is C26H26O11. The van der Waals surface area contributed by atoms with Crippen LogP contribution in [0.25, 0.3) is 11.0 Å². The Morgan fingerprint density at radius 1 is 1.08 bits per heavy atom. The first-order valence-electron chi connectivity index (χ1n) is 11.3. The molecule has 4 rings (SSSR count). The van der Waals surface area contributed by atoms with Crippen LogP contribution in [0.4, 0.5) is 4.79 Å². The third-order valence-corrected chi connectivity index (χ3v) is 5.82. The molecule has 0 bridgehead atoms. The third-order valence-electron chi connectivity index (χ3n) is 5.82. The molecule has 3 atom stereocenters. The van der Waals surface area contributed by atoms with Crippen molar-refractivity contribution >= 4 is 22.9 Å². The highest BCUT2D eigenvalue weighted by Crippen LogP contribution is 2.34. The number of benzene rings is 2. The van der Waals surface area contributed by atoms with Gasteiger partial charge < -0.3 is 43.8 Å². The van der Waals surface area contributed by atoms with Crippen molar-refractivity contribution in [2.75, 3.05) is 13.7 Å². The monoisotopic (exact) mass is 514 g/mol. The zero-order chi connectivity index (χ0) is 26.7. The number of fused-ring (bicyclic) bond motifs is 1. The van der Waals surface area contributed by atoms with E-state index in [4.69, 9.17) is 18.6 Å². The van der Waals surface area contributed by atoms with E-state index < -0.39 is 42.8 Å². The van der Waals surface area contributed by atoms with Gasteiger partial charge >= 0.3 is 6.16 Å². The molecular weight excluding hydrogens is 488 g/mol. The van der Waals surface area contributed by atoms with E-state index in [1.54, 1.807) is 13.2 Å². The molecule has 11 heteroatoms. The molecule has 2 unspecified atom stereocenters. The lowest BCUT2D eigenvalue weighted by molar-refractivity contribution is -0.178. The number of carbonyl (C=O) groups excluding carboxylic acids is 2. The lowest BCUT2D eigenvalue weighted by Crippen LogP contribution is -2.48. The standard InChI is InChI=1S/C26H26O11/c1-13-9-17(28)21(16(27)5-3-14-4-6-18-15(11-14)7-8-34-18)19(10-13)36-25-24(31)23(30)22(29)20(37-25)12-35-26(32)33-2/h4,6-11,23-25,28-31H,3,5,12H2,1-2H3/t23?,24?,25-/m1/s1. The van der Waals surface area contributed by atoms with Crippen LogP contribution in [-0.4, -0.2) is 64.6 Å². The van der Waals surface area contributed by atoms with E-state index in [-0.39, 0.29) is 29.2 Å². The Hall–Kier alpha value is -4.22. The summed E-state index contributed by atoms with van der Waals surface area (Å²) in [6.07, 6.45) is -4.29. The predicted octanol–water partition coefficient (Wildman–Crippen LogP) is 3.27. The number of Topliss-reactive ketones (excluding diaryl/α,β-unsaturated/α-hetero) is 1. The van der Waals surface area contributed by atoms with Crippen LogP contribution in [0.5, 0.6) is 11.5 Å². The molecule has 1 aliphatic heterocycles. The van der Waals surface area contributed by atoms with Crippen LogP contribution in [0.3, 0.4) is 0 Å². The van der Waals surface area contributed by atoms with Gasteiger partial charge in [-0.2, -0.15) is 0 Å². The molecule has 0 saturated carbocycles. The summed E-state index contributed by atoms with van der Waals surface area (Å²) in [6, 6.07) is 10.2. The predicted molar refractivity (Wildman–Crippen MR) is 127 cm³/mol. The lowest BCUT2D eigenvalue weighted by Gasteiger charge is -2.33. The van der Waals surface area contributed by atoms with Crippen molar-refractivity contribution in [2.45, 2.75) is 38.3 Å². The van der Waals surface area contributed by atoms with Gasteiger partial charge in [0.25, 0.3) is 6.29 Å². The van der Waals surface area contributed by atoms with Gasteiger partial charge in [0, 0.05) is 11.8 Å². The smallest absolute Gasteiger partial charge is 0.507 e. The van der Waals surface area contributed by atoms with Crippen LogP contribution in [0, 0.1) is 6.92 Å². The lowest BCUT2D eigenvalue weighted by atomic mass is 9.99. The third kappa shape index (κ3) is 5.63. The molecule has 37 heavy (non-hydrogen) atoms. The fourth-order valence-corrected chi connectivity index (χ4v) is 3.92. The first-order chi connectivity index (χ1) is 17.7. The molecule has 1 aromatic heterocycles. The highest BCUT2D eigenvalue weighted by molar-refractivity contribution is 6.01. The molecule has 196 valence electrons. The Balaban J connectivity index is 1.53. The number of carbonyl (C=O) groups is 2. The maximum Gasteiger partial charge on any atom is 0.508 e. The second-order valence-corrected chi connectivity index (χ2v) is 8.46. The van der Waals surface area contributed by atoms with Gasteiger partial charge in [-0.1, -0.05) is 6.07 Å². The number of hydrogen-bond donors (Lipinski definition) is 4. The van der Waals surface area contributed by atoms with Crippen molar-refractivity contribution in [1.29, 1.82) is 0 Å². The largest absolute Gasteiger partial charge is 0.508 e. The number of methoxy groups -OCH3 is 1. The SMILES string of the molecule is COC(=O)OCC1=C(O)C(O)C(O)[C@H](Oc2cc(C)cc(O)c2C(=O)CCc2ccc3occc3c2)O1. The Morgan fingerprint density at radius 3 is 2.62 bits per heavy atom. The van der Waals surface area contributed by atoms with Gasteiger partial charge in [0.05, 0.1) is 13.4 Å². The van der Waals surface area contributed by atoms with E-state index in [9.17, 15) is 30.0 Å². The number of aliphatic hydroxyl groups is 3. The molecule has 0 amide bonds. The number of ketones is 1. The summed E-state index contributed by atoms with van der Waals surface area (Å²) in [7, 11) is 1.08. The van der Waals surface area contributed by atoms with Gasteiger partial charge in [-0.15, -0.1) is 0 Å². The number of hydrogen-bond acceptors (Lipinski definition) is 11. The Morgan fingerprint density at radius 2 is 1.86 bits per heavy atom. The van der Waals surface area contributed by atoms with Crippen LogP contribution >= 0.6 is 0 Å². The van der Waals surface area contributed by atoms with Crippen molar-refractivity contribution in [1.82, 2.24) is 0 Å². The number of rotatable bonds is 8. The molecule has 11 nitrogen and oxygen atoms in total. The molecule has 4 N–H and O–H groups in total. The molecule has 0 fully saturated rings. The van der Waals surface area contributed by atoms with Crippen LogP contribution in [0.2, 0.25) is 0 Å². The maximum atomic E-state index is 13.2. The van der Waals surface area contributed by atoms with Gasteiger partial charge in [-0.3, -0.25) is 4.79 Å². The van der Waals surface area contributed by atoms with Crippen molar-refractivity contribution in [3.63, 3.8) is 0 Å². The fraction of sp³-hybridized carbons (Fsp3) is 0.308. The second-order valence-electron chi connectivity index (χ2n) is 8.46. The van der Waals surface area contributed by atoms with Gasteiger partial charge in [0.15, 0.2) is 30.0 Å². The molecule has 3 aromatic rings. The summed E-state index contributed by atoms with van der Waals surface area (Å²) in [5.41, 5.74) is 2.03. The van der Waals surface area contributed by atoms with Gasteiger partial charge in [0.1, 0.15) is 28.7 Å². The van der Waals surface area contributed by atoms with Gasteiger partial charge in [0.2, 0.25) is 0 Å². The molecule has 0 saturated heterocycles. The number of phenols is 1. The van der Waals surface area contributed by atoms with Crippen LogP contribution in [0.1, 0.15) is 27.9 Å². The van der Waals surface area contributed by atoms with E-state index >= 15 is 0 Å². The van der Waals surface area contributed by atoms with Crippen molar-refractivity contribution < 1.29 is 53.4 Å². The van der Waals surface area contributed by atoms with Gasteiger partial charge in [-0.25, -0.2) is 4.79 Å². The molecule has 0 radical (unpaired) electrons. The maximum absolute atomic E-state index is 13.2. The number of aliphatic hydroxyl groups excluding tert-OH is 3. The van der Waals surface area contributed by atoms with Crippen LogP contribution in [-0.2, 0) is 20.6 Å². The van der Waals surface area contributed by atoms with Crippen molar-refractivity contribution in [2.24, 2.45) is 0 Å². The summed E-state index contributed by atoms with van der Waals surface area (Å²) >= 11 is 0. The first-order valence-corrected chi connectivity index (χ1v) is 11.3. The number of phenolic OH excluding ortho intramolecular Hbond substituents is 1. The Kier molecular flexibility index (Phi) is 7.55. The first kappa shape index (κ1) is 25.9. The topological polar surface area (TPSA) is 165 Å². The van der Waals surface area contributed by atoms with Crippen molar-refractivity contribution in [3.8, 4) is 11.5 Å². The van der Waals surface area contributed by atoms with E-state index in [2.05, 4.69) is 4.74 Å². The summed E-state index contributed by atoms with van der Waals surface area (Å²) in [5, 5.41) is 42.2. The van der Waals surface area contributed by atoms with Crippen molar-refractivity contribution in [3.05, 3.63) is 70.9 Å². The quantitative estimate of drug-likeness (QED) is 0.257. The fourth-order valence-electron chi connectivity index (χ4n) is 3.92. The second kappa shape index (κ2) is 10.8. The van der Waals surface area contributed by atoms with E-state index in [0.717, 1.165) is 23.6 Å². The Bertz CT molecular complexity index is 1340. The van der Waals surface area contributed by atoms with Crippen LogP contribution < -0.4 is 4.74 Å². The van der Waals surface area contributed by atoms with E-state index in [0.29, 0.717) is 12.0 Å². The minimum absolute atomic E-state index is 0.0337. The summed E-state index contributed by atoms with van der Waals surface area (Å²) < 4.78 is 25.5. The zero-order valence-electron chi connectivity index (χ0n) is 20.0. The minimum atomic E-state index is -1.83. The molecule has 0 spiro atoms. The average Bonchev–Trinajstić information content (AvgIpc) is 3.34. The minimum Gasteiger partial charge on any atom is -0.507 e. The highest BCUT2D eigenvalue weighted by Gasteiger charge is 2.41. The average molecular weight is 514 g/mol. The molecule has 2 aromatic carbocycles. The van der Waals surface area contributed by atoms with Crippen LogP contribution in [0.15, 0.2) is 58.6 Å². The van der Waals surface area contributed by atoms with E-state index in [1.165, 1.54) is 12.1 Å². The highest BCUT2D eigenvalue weighted by atomic mass is 16.7. The summed E-state index contributed by atoms with van der Waals surface area (Å²) in [6.45, 7) is 1.04. The van der Waals surface area contributed by atoms with E-state index in [1.807, 2.05) is 24.3 Å².